The zero-order valence-corrected chi connectivity index (χ0v) is 10.4. The molecule has 13 heavy (non-hydrogen) atoms. The van der Waals surface area contributed by atoms with Gasteiger partial charge in [-0.1, -0.05) is 51.3 Å². The number of thiophene rings is 1. The van der Waals surface area contributed by atoms with Crippen LogP contribution in [0.3, 0.4) is 0 Å². The van der Waals surface area contributed by atoms with E-state index in [1.165, 1.54) is 0 Å². The van der Waals surface area contributed by atoms with Crippen molar-refractivity contribution in [3.63, 3.8) is 0 Å². The third kappa shape index (κ3) is 1.61. The number of hydrogen-bond donors (Lipinski definition) is 0. The molecule has 0 aliphatic heterocycles. The molecule has 0 spiro atoms. The molecule has 1 aromatic carbocycles. The van der Waals surface area contributed by atoms with Crippen LogP contribution in [0.1, 0.15) is 5.56 Å². The lowest BCUT2D eigenvalue weighted by Gasteiger charge is -2.00. The third-order valence-corrected chi connectivity index (χ3v) is 4.46. The van der Waals surface area contributed by atoms with Crippen LogP contribution in [0.5, 0.6) is 0 Å². The van der Waals surface area contributed by atoms with E-state index in [0.29, 0.717) is 0 Å². The monoisotopic (exact) mass is 294 g/mol. The van der Waals surface area contributed by atoms with Gasteiger partial charge in [-0.3, -0.25) is 0 Å². The Kier molecular flexibility index (Phi) is 2.84. The zero-order chi connectivity index (χ0) is 9.42. The van der Waals surface area contributed by atoms with Crippen LogP contribution in [-0.2, 0) is 5.33 Å². The molecule has 1 aromatic heterocycles. The molecule has 4 heteroatoms. The zero-order valence-electron chi connectivity index (χ0n) is 6.48. The fraction of sp³-hybridized carbons (Fsp3) is 0.111. The van der Waals surface area contributed by atoms with Crippen LogP contribution in [0, 0.1) is 0 Å². The first-order valence-corrected chi connectivity index (χ1v) is 6.40. The van der Waals surface area contributed by atoms with Crippen molar-refractivity contribution in [1.29, 1.82) is 0 Å². The molecule has 0 aliphatic carbocycles. The van der Waals surface area contributed by atoms with E-state index in [1.807, 2.05) is 17.5 Å². The van der Waals surface area contributed by atoms with Crippen molar-refractivity contribution in [3.8, 4) is 0 Å². The minimum atomic E-state index is 0.775. The van der Waals surface area contributed by atoms with Crippen LogP contribution in [0.25, 0.3) is 10.1 Å². The number of rotatable bonds is 1. The highest BCUT2D eigenvalue weighted by Gasteiger charge is 2.08. The fourth-order valence-corrected chi connectivity index (χ4v) is 3.41. The second-order valence-corrected chi connectivity index (χ2v) is 4.86. The van der Waals surface area contributed by atoms with Gasteiger partial charge in [0.2, 0.25) is 0 Å². The van der Waals surface area contributed by atoms with Crippen molar-refractivity contribution in [2.45, 2.75) is 5.33 Å². The molecule has 0 fully saturated rings. The highest BCUT2D eigenvalue weighted by molar-refractivity contribution is 9.08. The van der Waals surface area contributed by atoms with Crippen LogP contribution >= 0.6 is 50.5 Å². The Morgan fingerprint density at radius 1 is 1.31 bits per heavy atom. The highest BCUT2D eigenvalue weighted by Crippen LogP contribution is 2.37. The maximum Gasteiger partial charge on any atom is 0.0625 e. The number of fused-ring (bicyclic) bond motifs is 1. The molecule has 0 aliphatic rings. The van der Waals surface area contributed by atoms with E-state index in [4.69, 9.17) is 23.2 Å². The summed E-state index contributed by atoms with van der Waals surface area (Å²) in [6.07, 6.45) is 0. The summed E-state index contributed by atoms with van der Waals surface area (Å²) in [5.41, 5.74) is 1.10. The Bertz CT molecular complexity index is 450. The van der Waals surface area contributed by atoms with Crippen LogP contribution in [0.2, 0.25) is 10.0 Å². The van der Waals surface area contributed by atoms with E-state index in [-0.39, 0.29) is 0 Å². The molecule has 0 N–H and O–H groups in total. The summed E-state index contributed by atoms with van der Waals surface area (Å²) in [5.74, 6) is 0. The van der Waals surface area contributed by atoms with Crippen molar-refractivity contribution >= 4 is 60.6 Å². The predicted molar refractivity (Wildman–Crippen MR) is 64.5 cm³/mol. The Hall–Kier alpha value is 0.240. The number of halogens is 3. The van der Waals surface area contributed by atoms with E-state index in [2.05, 4.69) is 15.9 Å². The average molecular weight is 296 g/mol. The van der Waals surface area contributed by atoms with E-state index >= 15 is 0 Å². The van der Waals surface area contributed by atoms with E-state index in [1.54, 1.807) is 11.3 Å². The van der Waals surface area contributed by atoms with E-state index in [9.17, 15) is 0 Å². The molecule has 0 bridgehead atoms. The van der Waals surface area contributed by atoms with Gasteiger partial charge in [-0.25, -0.2) is 0 Å². The minimum absolute atomic E-state index is 0.775. The lowest BCUT2D eigenvalue weighted by Crippen LogP contribution is -1.78. The predicted octanol–water partition coefficient (Wildman–Crippen LogP) is 5.10. The Morgan fingerprint density at radius 2 is 2.08 bits per heavy atom. The summed E-state index contributed by atoms with van der Waals surface area (Å²) in [5, 5.41) is 5.32. The molecule has 0 radical (unpaired) electrons. The normalized spacial score (nSPS) is 11.0. The van der Waals surface area contributed by atoms with Crippen LogP contribution in [0.4, 0.5) is 0 Å². The van der Waals surface area contributed by atoms with E-state index < -0.39 is 0 Å². The smallest absolute Gasteiger partial charge is 0.0625 e. The Labute approximate surface area is 98.6 Å². The van der Waals surface area contributed by atoms with Gasteiger partial charge in [0.1, 0.15) is 0 Å². The van der Waals surface area contributed by atoms with Gasteiger partial charge in [0.15, 0.2) is 0 Å². The van der Waals surface area contributed by atoms with Crippen LogP contribution < -0.4 is 0 Å². The van der Waals surface area contributed by atoms with Crippen molar-refractivity contribution in [2.75, 3.05) is 0 Å². The van der Waals surface area contributed by atoms with Gasteiger partial charge in [0.25, 0.3) is 0 Å². The summed E-state index contributed by atoms with van der Waals surface area (Å²) in [6, 6.07) is 4.01. The van der Waals surface area contributed by atoms with Crippen LogP contribution in [-0.4, -0.2) is 0 Å². The molecule has 0 saturated carbocycles. The van der Waals surface area contributed by atoms with Crippen molar-refractivity contribution in [2.24, 2.45) is 0 Å². The van der Waals surface area contributed by atoms with Gasteiger partial charge in [0.05, 0.1) is 14.7 Å². The fourth-order valence-electron chi connectivity index (χ4n) is 1.18. The molecule has 0 nitrogen and oxygen atoms in total. The molecule has 0 amide bonds. The number of alkyl halides is 1. The molecule has 0 unspecified atom stereocenters. The average Bonchev–Trinajstić information content (AvgIpc) is 2.50. The summed E-state index contributed by atoms with van der Waals surface area (Å²) in [7, 11) is 0. The van der Waals surface area contributed by atoms with Crippen molar-refractivity contribution < 1.29 is 0 Å². The lowest BCUT2D eigenvalue weighted by molar-refractivity contribution is 1.47. The summed E-state index contributed by atoms with van der Waals surface area (Å²) in [6.45, 7) is 0. The topological polar surface area (TPSA) is 0 Å². The quantitative estimate of drug-likeness (QED) is 0.642. The minimum Gasteiger partial charge on any atom is -0.141 e. The van der Waals surface area contributed by atoms with Gasteiger partial charge in [-0.15, -0.1) is 11.3 Å². The van der Waals surface area contributed by atoms with Crippen molar-refractivity contribution in [3.05, 3.63) is 33.1 Å². The molecule has 0 saturated heterocycles. The number of benzene rings is 1. The molecular formula is C9H5BrCl2S. The number of hydrogen-bond acceptors (Lipinski definition) is 1. The maximum atomic E-state index is 6.18. The Morgan fingerprint density at radius 3 is 2.77 bits per heavy atom. The largest absolute Gasteiger partial charge is 0.141 e. The third-order valence-electron chi connectivity index (χ3n) is 1.86. The Balaban J connectivity index is 2.80. The van der Waals surface area contributed by atoms with Gasteiger partial charge in [-0.2, -0.15) is 0 Å². The molecule has 0 atom stereocenters. The highest BCUT2D eigenvalue weighted by atomic mass is 79.9. The molecular weight excluding hydrogens is 291 g/mol. The molecule has 68 valence electrons. The van der Waals surface area contributed by atoms with Crippen molar-refractivity contribution in [1.82, 2.24) is 0 Å². The molecule has 2 rings (SSSR count). The standard InChI is InChI=1S/C9H5BrCl2S/c10-3-5-1-2-6-7(11)4-13-9(6)8(5)12/h1-2,4H,3H2. The van der Waals surface area contributed by atoms with Gasteiger partial charge in [0, 0.05) is 16.1 Å². The summed E-state index contributed by atoms with van der Waals surface area (Å²) < 4.78 is 1.07. The van der Waals surface area contributed by atoms with Crippen LogP contribution in [0.15, 0.2) is 17.5 Å². The first-order valence-electron chi connectivity index (χ1n) is 3.64. The van der Waals surface area contributed by atoms with Gasteiger partial charge in [-0.05, 0) is 5.56 Å². The van der Waals surface area contributed by atoms with Gasteiger partial charge < -0.3 is 0 Å². The summed E-state index contributed by atoms with van der Waals surface area (Å²) >= 11 is 17.1. The first-order chi connectivity index (χ1) is 6.24. The second-order valence-electron chi connectivity index (χ2n) is 2.63. The maximum absolute atomic E-state index is 6.18. The first kappa shape index (κ1) is 9.78. The van der Waals surface area contributed by atoms with Gasteiger partial charge >= 0.3 is 0 Å². The molecule has 2 aromatic rings. The SMILES string of the molecule is Clc1csc2c(Cl)c(CBr)ccc12. The second kappa shape index (κ2) is 3.77. The molecule has 1 heterocycles. The summed E-state index contributed by atoms with van der Waals surface area (Å²) in [4.78, 5) is 0. The lowest BCUT2D eigenvalue weighted by atomic mass is 10.2. The van der Waals surface area contributed by atoms with E-state index in [0.717, 1.165) is 31.0 Å².